The second-order valence-corrected chi connectivity index (χ2v) is 6.22. The Bertz CT molecular complexity index is 966. The quantitative estimate of drug-likeness (QED) is 0.655. The van der Waals surface area contributed by atoms with Crippen LogP contribution >= 0.6 is 11.6 Å². The first-order valence-corrected chi connectivity index (χ1v) is 8.15. The molecule has 0 spiro atoms. The van der Waals surface area contributed by atoms with Gasteiger partial charge in [0.1, 0.15) is 11.8 Å². The maximum Gasteiger partial charge on any atom is 0.179 e. The van der Waals surface area contributed by atoms with E-state index in [0.717, 1.165) is 11.3 Å². The summed E-state index contributed by atoms with van der Waals surface area (Å²) in [6.45, 7) is 4.12. The van der Waals surface area contributed by atoms with Gasteiger partial charge in [0.25, 0.3) is 0 Å². The lowest BCUT2D eigenvalue weighted by Crippen LogP contribution is -2.14. The molecule has 7 heteroatoms. The average Bonchev–Trinajstić information content (AvgIpc) is 3.24. The highest BCUT2D eigenvalue weighted by molar-refractivity contribution is 6.32. The SMILES string of the molecule is CC(=O)c1ccn([C@H](C)Cn2ccc(-c3ccc(C#N)c(Cl)c3)n2)n1. The highest BCUT2D eigenvalue weighted by Gasteiger charge is 2.12. The Morgan fingerprint density at radius 2 is 2.08 bits per heavy atom. The molecule has 0 bridgehead atoms. The van der Waals surface area contributed by atoms with Gasteiger partial charge in [0, 0.05) is 24.9 Å². The monoisotopic (exact) mass is 353 g/mol. The molecule has 0 fully saturated rings. The number of rotatable bonds is 5. The van der Waals surface area contributed by atoms with Crippen LogP contribution in [0.3, 0.4) is 0 Å². The summed E-state index contributed by atoms with van der Waals surface area (Å²) in [5.41, 5.74) is 2.54. The number of ketones is 1. The van der Waals surface area contributed by atoms with Gasteiger partial charge in [-0.25, -0.2) is 0 Å². The third kappa shape index (κ3) is 3.62. The molecule has 0 saturated carbocycles. The van der Waals surface area contributed by atoms with Gasteiger partial charge < -0.3 is 0 Å². The van der Waals surface area contributed by atoms with Gasteiger partial charge in [-0.05, 0) is 31.2 Å². The van der Waals surface area contributed by atoms with Gasteiger partial charge >= 0.3 is 0 Å². The number of benzene rings is 1. The fourth-order valence-electron chi connectivity index (χ4n) is 2.51. The van der Waals surface area contributed by atoms with E-state index in [9.17, 15) is 4.79 Å². The molecule has 0 aliphatic heterocycles. The van der Waals surface area contributed by atoms with Crippen LogP contribution in [0.15, 0.2) is 42.7 Å². The zero-order valence-corrected chi connectivity index (χ0v) is 14.6. The van der Waals surface area contributed by atoms with E-state index in [2.05, 4.69) is 10.2 Å². The molecule has 1 atom stereocenters. The number of hydrogen-bond donors (Lipinski definition) is 0. The average molecular weight is 354 g/mol. The zero-order valence-electron chi connectivity index (χ0n) is 13.8. The van der Waals surface area contributed by atoms with Gasteiger partial charge in [0.15, 0.2) is 5.78 Å². The Morgan fingerprint density at radius 3 is 2.72 bits per heavy atom. The van der Waals surface area contributed by atoms with Crippen molar-refractivity contribution in [1.29, 1.82) is 5.26 Å². The van der Waals surface area contributed by atoms with Gasteiger partial charge in [-0.1, -0.05) is 17.7 Å². The molecule has 6 nitrogen and oxygen atoms in total. The number of Topliss-reactive ketones (excluding diaryl/α,β-unsaturated/α-hetero) is 1. The molecule has 2 heterocycles. The summed E-state index contributed by atoms with van der Waals surface area (Å²) in [5, 5.41) is 18.2. The van der Waals surface area contributed by atoms with Gasteiger partial charge in [0.05, 0.1) is 28.9 Å². The lowest BCUT2D eigenvalue weighted by Gasteiger charge is -2.12. The summed E-state index contributed by atoms with van der Waals surface area (Å²) in [6, 6.07) is 11.0. The molecule has 25 heavy (non-hydrogen) atoms. The van der Waals surface area contributed by atoms with Crippen molar-refractivity contribution in [3.05, 3.63) is 59.0 Å². The lowest BCUT2D eigenvalue weighted by molar-refractivity contribution is 0.101. The topological polar surface area (TPSA) is 76.5 Å². The van der Waals surface area contributed by atoms with E-state index in [1.165, 1.54) is 6.92 Å². The molecule has 0 radical (unpaired) electrons. The molecule has 0 unspecified atom stereocenters. The minimum atomic E-state index is -0.0509. The summed E-state index contributed by atoms with van der Waals surface area (Å²) in [6.07, 6.45) is 3.68. The molecule has 3 aromatic rings. The van der Waals surface area contributed by atoms with Crippen molar-refractivity contribution in [3.8, 4) is 17.3 Å². The van der Waals surface area contributed by atoms with Crippen LogP contribution in [0.1, 0.15) is 35.9 Å². The highest BCUT2D eigenvalue weighted by atomic mass is 35.5. The van der Waals surface area contributed by atoms with Crippen LogP contribution in [0.25, 0.3) is 11.3 Å². The normalized spacial score (nSPS) is 11.9. The van der Waals surface area contributed by atoms with Gasteiger partial charge in [-0.2, -0.15) is 15.5 Å². The van der Waals surface area contributed by atoms with Gasteiger partial charge in [-0.15, -0.1) is 0 Å². The van der Waals surface area contributed by atoms with Gasteiger partial charge in [0.2, 0.25) is 0 Å². The van der Waals surface area contributed by atoms with Crippen LogP contribution in [0.4, 0.5) is 0 Å². The van der Waals surface area contributed by atoms with Gasteiger partial charge in [-0.3, -0.25) is 14.2 Å². The molecular formula is C18H16ClN5O. The fraction of sp³-hybridized carbons (Fsp3) is 0.222. The molecule has 0 aliphatic carbocycles. The smallest absolute Gasteiger partial charge is 0.179 e. The summed E-state index contributed by atoms with van der Waals surface area (Å²) < 4.78 is 3.58. The minimum Gasteiger partial charge on any atom is -0.293 e. The van der Waals surface area contributed by atoms with Crippen LogP contribution < -0.4 is 0 Å². The first-order chi connectivity index (χ1) is 12.0. The molecule has 2 aromatic heterocycles. The van der Waals surface area contributed by atoms with Crippen LogP contribution in [0.2, 0.25) is 5.02 Å². The Kier molecular flexibility index (Phi) is 4.68. The molecule has 1 aromatic carbocycles. The molecule has 0 N–H and O–H groups in total. The van der Waals surface area contributed by atoms with E-state index in [0.29, 0.717) is 22.8 Å². The van der Waals surface area contributed by atoms with Crippen molar-refractivity contribution in [3.63, 3.8) is 0 Å². The van der Waals surface area contributed by atoms with E-state index in [1.807, 2.05) is 36.0 Å². The molecule has 0 saturated heterocycles. The van der Waals surface area contributed by atoms with E-state index >= 15 is 0 Å². The maximum absolute atomic E-state index is 11.3. The van der Waals surface area contributed by atoms with Crippen molar-refractivity contribution >= 4 is 17.4 Å². The first kappa shape index (κ1) is 16.9. The van der Waals surface area contributed by atoms with Crippen LogP contribution in [0, 0.1) is 11.3 Å². The zero-order chi connectivity index (χ0) is 18.0. The molecule has 3 rings (SSSR count). The third-order valence-electron chi connectivity index (χ3n) is 3.90. The summed E-state index contributed by atoms with van der Waals surface area (Å²) in [4.78, 5) is 11.3. The number of nitrogens with zero attached hydrogens (tertiary/aromatic N) is 5. The van der Waals surface area contributed by atoms with E-state index in [1.54, 1.807) is 29.1 Å². The highest BCUT2D eigenvalue weighted by Crippen LogP contribution is 2.24. The number of carbonyl (C=O) groups excluding carboxylic acids is 1. The second kappa shape index (κ2) is 6.91. The number of carbonyl (C=O) groups is 1. The number of nitriles is 1. The van der Waals surface area contributed by atoms with E-state index in [4.69, 9.17) is 16.9 Å². The predicted molar refractivity (Wildman–Crippen MR) is 94.3 cm³/mol. The van der Waals surface area contributed by atoms with Crippen LogP contribution in [-0.2, 0) is 6.54 Å². The van der Waals surface area contributed by atoms with Crippen molar-refractivity contribution in [2.24, 2.45) is 0 Å². The molecule has 0 aliphatic rings. The Morgan fingerprint density at radius 1 is 1.28 bits per heavy atom. The Hall–Kier alpha value is -2.91. The lowest BCUT2D eigenvalue weighted by atomic mass is 10.1. The van der Waals surface area contributed by atoms with Crippen molar-refractivity contribution < 1.29 is 4.79 Å². The fourth-order valence-corrected chi connectivity index (χ4v) is 2.73. The first-order valence-electron chi connectivity index (χ1n) is 7.77. The van der Waals surface area contributed by atoms with Crippen molar-refractivity contribution in [2.45, 2.75) is 26.4 Å². The summed E-state index contributed by atoms with van der Waals surface area (Å²) in [7, 11) is 0. The Labute approximate surface area is 150 Å². The standard InChI is InChI=1S/C18H16ClN5O/c1-12(24-8-6-17(22-24)13(2)25)11-23-7-5-18(21-23)14-3-4-15(10-20)16(19)9-14/h3-9,12H,11H2,1-2H3/t12-/m1/s1. The van der Waals surface area contributed by atoms with E-state index < -0.39 is 0 Å². The van der Waals surface area contributed by atoms with Crippen LogP contribution in [0.5, 0.6) is 0 Å². The summed E-state index contributed by atoms with van der Waals surface area (Å²) in [5.74, 6) is -0.0509. The number of halogens is 1. The molecule has 126 valence electrons. The number of aromatic nitrogens is 4. The van der Waals surface area contributed by atoms with Crippen molar-refractivity contribution in [1.82, 2.24) is 19.6 Å². The molecular weight excluding hydrogens is 338 g/mol. The number of hydrogen-bond acceptors (Lipinski definition) is 4. The van der Waals surface area contributed by atoms with E-state index in [-0.39, 0.29) is 11.8 Å². The minimum absolute atomic E-state index is 0.0467. The Balaban J connectivity index is 1.76. The second-order valence-electron chi connectivity index (χ2n) is 5.82. The maximum atomic E-state index is 11.3. The molecule has 0 amide bonds. The predicted octanol–water partition coefficient (Wildman–Crippen LogP) is 3.74. The third-order valence-corrected chi connectivity index (χ3v) is 4.21. The van der Waals surface area contributed by atoms with Crippen molar-refractivity contribution in [2.75, 3.05) is 0 Å². The summed E-state index contributed by atoms with van der Waals surface area (Å²) >= 11 is 6.08. The van der Waals surface area contributed by atoms with Crippen LogP contribution in [-0.4, -0.2) is 25.3 Å². The largest absolute Gasteiger partial charge is 0.293 e.